The van der Waals surface area contributed by atoms with Crippen molar-refractivity contribution in [2.75, 3.05) is 0 Å². The van der Waals surface area contributed by atoms with E-state index in [-0.39, 0.29) is 17.6 Å². The SMILES string of the molecule is Cc1ccc(C(=O)N[C@@H](C)CCCC(C)C)cc1[N+](=O)[O-]. The largest absolute Gasteiger partial charge is 0.350 e. The molecule has 5 heteroatoms. The van der Waals surface area contributed by atoms with Crippen LogP contribution in [0.4, 0.5) is 5.69 Å². The highest BCUT2D eigenvalue weighted by atomic mass is 16.6. The number of nitrogens with one attached hydrogen (secondary N) is 1. The maximum atomic E-state index is 12.1. The zero-order valence-electron chi connectivity index (χ0n) is 13.2. The topological polar surface area (TPSA) is 72.2 Å². The summed E-state index contributed by atoms with van der Waals surface area (Å²) in [7, 11) is 0. The number of rotatable bonds is 7. The van der Waals surface area contributed by atoms with Crippen molar-refractivity contribution in [2.24, 2.45) is 5.92 Å². The van der Waals surface area contributed by atoms with Crippen LogP contribution < -0.4 is 5.32 Å². The van der Waals surface area contributed by atoms with Gasteiger partial charge >= 0.3 is 0 Å². The molecule has 21 heavy (non-hydrogen) atoms. The third-order valence-electron chi connectivity index (χ3n) is 3.46. The molecule has 1 aromatic carbocycles. The van der Waals surface area contributed by atoms with E-state index in [4.69, 9.17) is 0 Å². The van der Waals surface area contributed by atoms with Gasteiger partial charge < -0.3 is 5.32 Å². The molecular weight excluding hydrogens is 268 g/mol. The molecule has 0 fully saturated rings. The standard InChI is InChI=1S/C16H24N2O3/c1-11(2)6-5-7-13(4)17-16(19)14-9-8-12(3)15(10-14)18(20)21/h8-11,13H,5-7H2,1-4H3,(H,17,19)/t13-/m0/s1. The summed E-state index contributed by atoms with van der Waals surface area (Å²) in [6, 6.07) is 4.64. The van der Waals surface area contributed by atoms with E-state index >= 15 is 0 Å². The quantitative estimate of drug-likeness (QED) is 0.613. The Morgan fingerprint density at radius 2 is 1.95 bits per heavy atom. The number of amides is 1. The van der Waals surface area contributed by atoms with Gasteiger partial charge in [-0.1, -0.05) is 32.8 Å². The molecule has 1 atom stereocenters. The first-order valence-electron chi connectivity index (χ1n) is 7.37. The van der Waals surface area contributed by atoms with Gasteiger partial charge in [-0.15, -0.1) is 0 Å². The van der Waals surface area contributed by atoms with Crippen molar-refractivity contribution >= 4 is 11.6 Å². The summed E-state index contributed by atoms with van der Waals surface area (Å²) in [6.45, 7) is 7.97. The number of aryl methyl sites for hydroxylation is 1. The fourth-order valence-electron chi connectivity index (χ4n) is 2.16. The second kappa shape index (κ2) is 7.76. The summed E-state index contributed by atoms with van der Waals surface area (Å²) < 4.78 is 0. The zero-order valence-corrected chi connectivity index (χ0v) is 13.2. The molecule has 0 saturated carbocycles. The van der Waals surface area contributed by atoms with Crippen molar-refractivity contribution < 1.29 is 9.72 Å². The average molecular weight is 292 g/mol. The first-order chi connectivity index (χ1) is 9.81. The molecule has 0 aromatic heterocycles. The van der Waals surface area contributed by atoms with Crippen LogP contribution in [0.1, 0.15) is 56.0 Å². The van der Waals surface area contributed by atoms with Crippen molar-refractivity contribution in [1.29, 1.82) is 0 Å². The Morgan fingerprint density at radius 3 is 2.52 bits per heavy atom. The van der Waals surface area contributed by atoms with Crippen LogP contribution in [0.25, 0.3) is 0 Å². The van der Waals surface area contributed by atoms with E-state index in [0.717, 1.165) is 19.3 Å². The molecule has 0 aliphatic rings. The minimum atomic E-state index is -0.460. The van der Waals surface area contributed by atoms with Crippen molar-refractivity contribution in [1.82, 2.24) is 5.32 Å². The third kappa shape index (κ3) is 5.53. The van der Waals surface area contributed by atoms with Gasteiger partial charge in [0.1, 0.15) is 0 Å². The van der Waals surface area contributed by atoms with Crippen LogP contribution in [-0.2, 0) is 0 Å². The average Bonchev–Trinajstić information content (AvgIpc) is 2.38. The number of carbonyl (C=O) groups excluding carboxylic acids is 1. The van der Waals surface area contributed by atoms with Crippen LogP contribution in [0.3, 0.4) is 0 Å². The Morgan fingerprint density at radius 1 is 1.29 bits per heavy atom. The van der Waals surface area contributed by atoms with Gasteiger partial charge in [0.25, 0.3) is 11.6 Å². The Bertz CT molecular complexity index is 512. The lowest BCUT2D eigenvalue weighted by Crippen LogP contribution is -2.32. The van der Waals surface area contributed by atoms with Crippen molar-refractivity contribution in [3.05, 3.63) is 39.4 Å². The van der Waals surface area contributed by atoms with Gasteiger partial charge in [-0.3, -0.25) is 14.9 Å². The van der Waals surface area contributed by atoms with E-state index in [2.05, 4.69) is 19.2 Å². The Labute approximate surface area is 125 Å². The number of benzene rings is 1. The molecule has 0 aliphatic heterocycles. The highest BCUT2D eigenvalue weighted by Crippen LogP contribution is 2.19. The summed E-state index contributed by atoms with van der Waals surface area (Å²) in [5.74, 6) is 0.405. The van der Waals surface area contributed by atoms with Gasteiger partial charge in [0.15, 0.2) is 0 Å². The third-order valence-corrected chi connectivity index (χ3v) is 3.46. The number of carbonyl (C=O) groups is 1. The van der Waals surface area contributed by atoms with E-state index in [1.54, 1.807) is 19.1 Å². The molecule has 1 N–H and O–H groups in total. The number of nitrogens with zero attached hydrogens (tertiary/aromatic N) is 1. The molecule has 1 amide bonds. The first-order valence-corrected chi connectivity index (χ1v) is 7.37. The van der Waals surface area contributed by atoms with Gasteiger partial charge in [-0.05, 0) is 32.3 Å². The Kier molecular flexibility index (Phi) is 6.34. The van der Waals surface area contributed by atoms with Crippen LogP contribution in [0.5, 0.6) is 0 Å². The molecule has 0 unspecified atom stereocenters. The summed E-state index contributed by atoms with van der Waals surface area (Å²) in [4.78, 5) is 22.5. The zero-order chi connectivity index (χ0) is 16.0. The smallest absolute Gasteiger partial charge is 0.273 e. The molecule has 0 aliphatic carbocycles. The van der Waals surface area contributed by atoms with Crippen LogP contribution in [0.15, 0.2) is 18.2 Å². The lowest BCUT2D eigenvalue weighted by molar-refractivity contribution is -0.385. The maximum Gasteiger partial charge on any atom is 0.273 e. The molecule has 0 saturated heterocycles. The normalized spacial score (nSPS) is 12.2. The number of hydrogen-bond donors (Lipinski definition) is 1. The predicted molar refractivity (Wildman–Crippen MR) is 83.5 cm³/mol. The second-order valence-corrected chi connectivity index (χ2v) is 5.96. The molecule has 0 spiro atoms. The molecule has 1 aromatic rings. The van der Waals surface area contributed by atoms with E-state index in [9.17, 15) is 14.9 Å². The first kappa shape index (κ1) is 17.1. The van der Waals surface area contributed by atoms with E-state index in [1.807, 2.05) is 6.92 Å². The van der Waals surface area contributed by atoms with Gasteiger partial charge in [0, 0.05) is 23.2 Å². The highest BCUT2D eigenvalue weighted by molar-refractivity contribution is 5.95. The van der Waals surface area contributed by atoms with Crippen molar-refractivity contribution in [3.63, 3.8) is 0 Å². The van der Waals surface area contributed by atoms with Crippen LogP contribution in [-0.4, -0.2) is 16.9 Å². The summed E-state index contributed by atoms with van der Waals surface area (Å²) in [6.07, 6.45) is 3.11. The Hall–Kier alpha value is -1.91. The van der Waals surface area contributed by atoms with E-state index in [1.165, 1.54) is 6.07 Å². The van der Waals surface area contributed by atoms with Gasteiger partial charge in [-0.25, -0.2) is 0 Å². The van der Waals surface area contributed by atoms with Crippen LogP contribution in [0.2, 0.25) is 0 Å². The van der Waals surface area contributed by atoms with E-state index < -0.39 is 4.92 Å². The van der Waals surface area contributed by atoms with Crippen LogP contribution in [0, 0.1) is 23.0 Å². The second-order valence-electron chi connectivity index (χ2n) is 5.96. The lowest BCUT2D eigenvalue weighted by Gasteiger charge is -2.14. The van der Waals surface area contributed by atoms with Gasteiger partial charge in [0.2, 0.25) is 0 Å². The van der Waals surface area contributed by atoms with Crippen molar-refractivity contribution in [3.8, 4) is 0 Å². The minimum absolute atomic E-state index is 0.0184. The highest BCUT2D eigenvalue weighted by Gasteiger charge is 2.16. The number of nitro benzene ring substituents is 1. The lowest BCUT2D eigenvalue weighted by atomic mass is 10.0. The fourth-order valence-corrected chi connectivity index (χ4v) is 2.16. The molecule has 0 heterocycles. The predicted octanol–water partition coefficient (Wildman–Crippen LogP) is 3.85. The molecular formula is C16H24N2O3. The van der Waals surface area contributed by atoms with Crippen LogP contribution >= 0.6 is 0 Å². The van der Waals surface area contributed by atoms with E-state index in [0.29, 0.717) is 17.0 Å². The maximum absolute atomic E-state index is 12.1. The monoisotopic (exact) mass is 292 g/mol. The molecule has 1 rings (SSSR count). The summed E-state index contributed by atoms with van der Waals surface area (Å²) >= 11 is 0. The van der Waals surface area contributed by atoms with Gasteiger partial charge in [0.05, 0.1) is 4.92 Å². The number of nitro groups is 1. The molecule has 116 valence electrons. The van der Waals surface area contributed by atoms with Gasteiger partial charge in [-0.2, -0.15) is 0 Å². The Balaban J connectivity index is 2.63. The minimum Gasteiger partial charge on any atom is -0.350 e. The fraction of sp³-hybridized carbons (Fsp3) is 0.562. The summed E-state index contributed by atoms with van der Waals surface area (Å²) in [5, 5.41) is 13.8. The molecule has 0 bridgehead atoms. The van der Waals surface area contributed by atoms with Crippen molar-refractivity contribution in [2.45, 2.75) is 53.0 Å². The molecule has 0 radical (unpaired) electrons. The number of hydrogen-bond acceptors (Lipinski definition) is 3. The summed E-state index contributed by atoms with van der Waals surface area (Å²) in [5.41, 5.74) is 0.875. The molecule has 5 nitrogen and oxygen atoms in total.